The summed E-state index contributed by atoms with van der Waals surface area (Å²) in [6.45, 7) is 2.55. The van der Waals surface area contributed by atoms with Gasteiger partial charge in [0.25, 0.3) is 0 Å². The van der Waals surface area contributed by atoms with Crippen molar-refractivity contribution in [2.24, 2.45) is 5.92 Å². The Kier molecular flexibility index (Phi) is 3.79. The molecule has 2 unspecified atom stereocenters. The minimum atomic E-state index is -0.112. The van der Waals surface area contributed by atoms with Gasteiger partial charge in [0, 0.05) is 25.8 Å². The molecule has 3 nitrogen and oxygen atoms in total. The van der Waals surface area contributed by atoms with Crippen molar-refractivity contribution in [1.82, 2.24) is 5.32 Å². The molecule has 82 valence electrons. The van der Waals surface area contributed by atoms with E-state index in [4.69, 9.17) is 4.74 Å². The summed E-state index contributed by atoms with van der Waals surface area (Å²) in [5, 5.41) is 13.1. The number of aliphatic hydroxyl groups excluding tert-OH is 1. The van der Waals surface area contributed by atoms with Crippen LogP contribution in [0.3, 0.4) is 0 Å². The fourth-order valence-corrected chi connectivity index (χ4v) is 2.04. The van der Waals surface area contributed by atoms with E-state index < -0.39 is 0 Å². The number of nitrogens with one attached hydrogen (secondary N) is 1. The topological polar surface area (TPSA) is 41.5 Å². The molecule has 14 heavy (non-hydrogen) atoms. The van der Waals surface area contributed by atoms with Crippen molar-refractivity contribution in [1.29, 1.82) is 0 Å². The fraction of sp³-hybridized carbons (Fsp3) is 1.00. The van der Waals surface area contributed by atoms with Crippen molar-refractivity contribution >= 4 is 0 Å². The first kappa shape index (κ1) is 10.4. The molecule has 1 aliphatic heterocycles. The minimum absolute atomic E-state index is 0.112. The molecule has 1 saturated carbocycles. The fourth-order valence-electron chi connectivity index (χ4n) is 2.04. The molecule has 0 amide bonds. The zero-order valence-corrected chi connectivity index (χ0v) is 8.74. The van der Waals surface area contributed by atoms with Gasteiger partial charge in [0.1, 0.15) is 0 Å². The maximum absolute atomic E-state index is 9.70. The van der Waals surface area contributed by atoms with E-state index in [0.29, 0.717) is 12.0 Å². The van der Waals surface area contributed by atoms with Crippen LogP contribution >= 0.6 is 0 Å². The van der Waals surface area contributed by atoms with E-state index in [1.165, 1.54) is 19.3 Å². The smallest absolute Gasteiger partial charge is 0.0692 e. The van der Waals surface area contributed by atoms with Crippen LogP contribution < -0.4 is 5.32 Å². The van der Waals surface area contributed by atoms with Crippen LogP contribution in [0.15, 0.2) is 0 Å². The summed E-state index contributed by atoms with van der Waals surface area (Å²) in [7, 11) is 0. The molecule has 1 heterocycles. The highest BCUT2D eigenvalue weighted by Crippen LogP contribution is 2.32. The monoisotopic (exact) mass is 199 g/mol. The molecule has 2 fully saturated rings. The lowest BCUT2D eigenvalue weighted by Gasteiger charge is -2.18. The Morgan fingerprint density at radius 1 is 1.21 bits per heavy atom. The van der Waals surface area contributed by atoms with Gasteiger partial charge in [0.15, 0.2) is 0 Å². The predicted octanol–water partition coefficient (Wildman–Crippen LogP) is 0.916. The quantitative estimate of drug-likeness (QED) is 0.707. The van der Waals surface area contributed by atoms with Crippen LogP contribution in [0, 0.1) is 5.92 Å². The maximum Gasteiger partial charge on any atom is 0.0692 e. The summed E-state index contributed by atoms with van der Waals surface area (Å²) in [6, 6.07) is 0.561. The summed E-state index contributed by atoms with van der Waals surface area (Å²) < 4.78 is 5.39. The Bertz CT molecular complexity index is 163. The lowest BCUT2D eigenvalue weighted by molar-refractivity contribution is 0.134. The highest BCUT2D eigenvalue weighted by molar-refractivity contribution is 4.83. The van der Waals surface area contributed by atoms with E-state index in [1.807, 2.05) is 0 Å². The summed E-state index contributed by atoms with van der Waals surface area (Å²) in [5.41, 5.74) is 0. The third-order valence-corrected chi connectivity index (χ3v) is 3.23. The Labute approximate surface area is 85.8 Å². The molecule has 2 aliphatic rings. The van der Waals surface area contributed by atoms with Crippen LogP contribution in [-0.2, 0) is 4.74 Å². The molecule has 2 rings (SSSR count). The third-order valence-electron chi connectivity index (χ3n) is 3.23. The Hall–Kier alpha value is -0.120. The average Bonchev–Trinajstić information content (AvgIpc) is 3.01. The molecule has 1 aliphatic carbocycles. The zero-order valence-electron chi connectivity index (χ0n) is 8.74. The molecule has 2 N–H and O–H groups in total. The van der Waals surface area contributed by atoms with E-state index >= 15 is 0 Å². The van der Waals surface area contributed by atoms with E-state index in [9.17, 15) is 5.11 Å². The average molecular weight is 199 g/mol. The standard InChI is InChI=1S/C11H21NO2/c13-11(9-3-4-9)8-12-10-2-1-6-14-7-5-10/h9-13H,1-8H2. The molecule has 1 saturated heterocycles. The summed E-state index contributed by atoms with van der Waals surface area (Å²) in [6.07, 6.45) is 5.76. The second kappa shape index (κ2) is 5.10. The van der Waals surface area contributed by atoms with Crippen molar-refractivity contribution in [2.75, 3.05) is 19.8 Å². The lowest BCUT2D eigenvalue weighted by atomic mass is 10.1. The number of hydrogen-bond acceptors (Lipinski definition) is 3. The third kappa shape index (κ3) is 3.23. The van der Waals surface area contributed by atoms with Gasteiger partial charge in [-0.05, 0) is 38.0 Å². The van der Waals surface area contributed by atoms with Crippen LogP contribution in [0.1, 0.15) is 32.1 Å². The summed E-state index contributed by atoms with van der Waals surface area (Å²) in [4.78, 5) is 0. The molecule has 2 atom stereocenters. The van der Waals surface area contributed by atoms with Gasteiger partial charge in [-0.2, -0.15) is 0 Å². The van der Waals surface area contributed by atoms with Crippen LogP contribution in [0.4, 0.5) is 0 Å². The maximum atomic E-state index is 9.70. The lowest BCUT2D eigenvalue weighted by Crippen LogP contribution is -2.36. The predicted molar refractivity (Wildman–Crippen MR) is 55.2 cm³/mol. The first-order valence-electron chi connectivity index (χ1n) is 5.85. The first-order valence-corrected chi connectivity index (χ1v) is 5.85. The van der Waals surface area contributed by atoms with Crippen molar-refractivity contribution in [2.45, 2.75) is 44.2 Å². The molecule has 0 radical (unpaired) electrons. The molecular weight excluding hydrogens is 178 g/mol. The van der Waals surface area contributed by atoms with Crippen molar-refractivity contribution in [3.63, 3.8) is 0 Å². The van der Waals surface area contributed by atoms with Crippen LogP contribution in [0.2, 0.25) is 0 Å². The highest BCUT2D eigenvalue weighted by Gasteiger charge is 2.29. The number of ether oxygens (including phenoxy) is 1. The highest BCUT2D eigenvalue weighted by atomic mass is 16.5. The van der Waals surface area contributed by atoms with Gasteiger partial charge in [-0.25, -0.2) is 0 Å². The first-order chi connectivity index (χ1) is 6.86. The Balaban J connectivity index is 1.62. The van der Waals surface area contributed by atoms with E-state index in [2.05, 4.69) is 5.32 Å². The second-order valence-electron chi connectivity index (χ2n) is 4.55. The van der Waals surface area contributed by atoms with Gasteiger partial charge in [-0.15, -0.1) is 0 Å². The molecule has 3 heteroatoms. The molecular formula is C11H21NO2. The van der Waals surface area contributed by atoms with Crippen LogP contribution in [0.25, 0.3) is 0 Å². The molecule has 0 spiro atoms. The van der Waals surface area contributed by atoms with Crippen LogP contribution in [0.5, 0.6) is 0 Å². The molecule has 0 aromatic heterocycles. The van der Waals surface area contributed by atoms with Gasteiger partial charge in [0.2, 0.25) is 0 Å². The normalized spacial score (nSPS) is 31.1. The van der Waals surface area contributed by atoms with E-state index in [1.54, 1.807) is 0 Å². The number of aliphatic hydroxyl groups is 1. The van der Waals surface area contributed by atoms with Gasteiger partial charge >= 0.3 is 0 Å². The molecule has 0 bridgehead atoms. The van der Waals surface area contributed by atoms with Crippen LogP contribution in [-0.4, -0.2) is 37.0 Å². The van der Waals surface area contributed by atoms with E-state index in [-0.39, 0.29) is 6.10 Å². The minimum Gasteiger partial charge on any atom is -0.392 e. The molecule has 0 aromatic carbocycles. The number of rotatable bonds is 4. The summed E-state index contributed by atoms with van der Waals surface area (Å²) in [5.74, 6) is 0.588. The SMILES string of the molecule is OC(CNC1CCCOCC1)C1CC1. The number of hydrogen-bond donors (Lipinski definition) is 2. The van der Waals surface area contributed by atoms with Crippen molar-refractivity contribution in [3.05, 3.63) is 0 Å². The zero-order chi connectivity index (χ0) is 9.80. The van der Waals surface area contributed by atoms with Crippen molar-refractivity contribution < 1.29 is 9.84 Å². The van der Waals surface area contributed by atoms with E-state index in [0.717, 1.165) is 32.6 Å². The van der Waals surface area contributed by atoms with Crippen molar-refractivity contribution in [3.8, 4) is 0 Å². The molecule has 0 aromatic rings. The van der Waals surface area contributed by atoms with Gasteiger partial charge in [-0.3, -0.25) is 0 Å². The van der Waals surface area contributed by atoms with Gasteiger partial charge in [-0.1, -0.05) is 0 Å². The van der Waals surface area contributed by atoms with Gasteiger partial charge in [0.05, 0.1) is 6.10 Å². The summed E-state index contributed by atoms with van der Waals surface area (Å²) >= 11 is 0. The Morgan fingerprint density at radius 2 is 2.07 bits per heavy atom. The largest absolute Gasteiger partial charge is 0.392 e. The Morgan fingerprint density at radius 3 is 2.86 bits per heavy atom. The second-order valence-corrected chi connectivity index (χ2v) is 4.55. The van der Waals surface area contributed by atoms with Gasteiger partial charge < -0.3 is 15.2 Å².